The van der Waals surface area contributed by atoms with Crippen molar-refractivity contribution in [2.45, 2.75) is 39.8 Å². The van der Waals surface area contributed by atoms with Crippen LogP contribution >= 0.6 is 24.0 Å². The molecule has 148 valence electrons. The zero-order chi connectivity index (χ0) is 19.0. The molecule has 1 aromatic carbocycles. The quantitative estimate of drug-likeness (QED) is 0.285. The van der Waals surface area contributed by atoms with Gasteiger partial charge in [0, 0.05) is 17.6 Å². The molecule has 0 atom stereocenters. The number of nitrogens with one attached hydrogen (secondary N) is 4. The first-order chi connectivity index (χ1) is 12.4. The lowest BCUT2D eigenvalue weighted by Crippen LogP contribution is -2.48. The largest absolute Gasteiger partial charge is 0.357 e. The summed E-state index contributed by atoms with van der Waals surface area (Å²) in [6.07, 6.45) is 1.48. The maximum atomic E-state index is 11.9. The van der Waals surface area contributed by atoms with Crippen LogP contribution in [-0.4, -0.2) is 45.7 Å². The Balaban J connectivity index is 0.00000364. The Hall–Kier alpha value is -2.17. The van der Waals surface area contributed by atoms with Crippen molar-refractivity contribution >= 4 is 35.8 Å². The first-order valence-corrected chi connectivity index (χ1v) is 8.65. The second-order valence-corrected chi connectivity index (χ2v) is 6.88. The van der Waals surface area contributed by atoms with Crippen LogP contribution in [0, 0.1) is 0 Å². The summed E-state index contributed by atoms with van der Waals surface area (Å²) in [4.78, 5) is 20.6. The van der Waals surface area contributed by atoms with E-state index in [-0.39, 0.29) is 42.0 Å². The zero-order valence-corrected chi connectivity index (χ0v) is 18.5. The van der Waals surface area contributed by atoms with Crippen molar-refractivity contribution in [3.63, 3.8) is 0 Å². The molecule has 0 aliphatic carbocycles. The van der Waals surface area contributed by atoms with Crippen LogP contribution in [-0.2, 0) is 11.3 Å². The van der Waals surface area contributed by atoms with Gasteiger partial charge >= 0.3 is 0 Å². The van der Waals surface area contributed by atoms with E-state index < -0.39 is 0 Å². The maximum absolute atomic E-state index is 11.9. The van der Waals surface area contributed by atoms with Crippen molar-refractivity contribution in [1.29, 1.82) is 0 Å². The molecular formula is C18H28IN7O. The Morgan fingerprint density at radius 1 is 1.26 bits per heavy atom. The van der Waals surface area contributed by atoms with Crippen molar-refractivity contribution < 1.29 is 4.79 Å². The number of nitrogens with zero attached hydrogens (tertiary/aromatic N) is 3. The normalized spacial score (nSPS) is 11.5. The zero-order valence-electron chi connectivity index (χ0n) is 16.2. The van der Waals surface area contributed by atoms with E-state index in [1.54, 1.807) is 0 Å². The van der Waals surface area contributed by atoms with E-state index in [1.165, 1.54) is 6.33 Å². The van der Waals surface area contributed by atoms with Gasteiger partial charge in [0.2, 0.25) is 5.91 Å². The summed E-state index contributed by atoms with van der Waals surface area (Å²) in [5.41, 5.74) is 1.74. The fourth-order valence-corrected chi connectivity index (χ4v) is 2.30. The predicted octanol–water partition coefficient (Wildman–Crippen LogP) is 2.06. The smallest absolute Gasteiger partial charge is 0.239 e. The summed E-state index contributed by atoms with van der Waals surface area (Å²) >= 11 is 0. The number of aliphatic imine (C=N–C) groups is 1. The number of guanidine groups is 1. The molecule has 1 heterocycles. The van der Waals surface area contributed by atoms with E-state index in [9.17, 15) is 4.79 Å². The summed E-state index contributed by atoms with van der Waals surface area (Å²) in [5, 5.41) is 15.8. The molecule has 0 aliphatic heterocycles. The number of halogens is 1. The molecule has 0 spiro atoms. The van der Waals surface area contributed by atoms with Crippen LogP contribution in [0.3, 0.4) is 0 Å². The molecular weight excluding hydrogens is 457 g/mol. The lowest BCUT2D eigenvalue weighted by molar-refractivity contribution is -0.121. The molecule has 2 rings (SSSR count). The van der Waals surface area contributed by atoms with Crippen LogP contribution in [0.25, 0.3) is 11.4 Å². The third-order valence-electron chi connectivity index (χ3n) is 3.31. The van der Waals surface area contributed by atoms with E-state index in [1.807, 2.05) is 52.0 Å². The number of rotatable bonds is 6. The van der Waals surface area contributed by atoms with Gasteiger partial charge in [-0.1, -0.05) is 18.2 Å². The first-order valence-electron chi connectivity index (χ1n) is 8.65. The van der Waals surface area contributed by atoms with Crippen molar-refractivity contribution in [1.82, 2.24) is 31.1 Å². The van der Waals surface area contributed by atoms with Gasteiger partial charge in [-0.3, -0.25) is 9.89 Å². The van der Waals surface area contributed by atoms with E-state index in [0.717, 1.165) is 17.0 Å². The third kappa shape index (κ3) is 8.37. The van der Waals surface area contributed by atoms with Gasteiger partial charge in [0.1, 0.15) is 6.33 Å². The first kappa shape index (κ1) is 22.9. The Morgan fingerprint density at radius 2 is 2.04 bits per heavy atom. The van der Waals surface area contributed by atoms with Crippen LogP contribution in [0.1, 0.15) is 33.3 Å². The number of benzene rings is 1. The van der Waals surface area contributed by atoms with Gasteiger partial charge in [-0.2, -0.15) is 5.10 Å². The topological polar surface area (TPSA) is 107 Å². The fourth-order valence-electron chi connectivity index (χ4n) is 2.30. The van der Waals surface area contributed by atoms with E-state index in [0.29, 0.717) is 19.0 Å². The molecule has 0 saturated carbocycles. The monoisotopic (exact) mass is 485 g/mol. The Morgan fingerprint density at radius 3 is 2.67 bits per heavy atom. The number of hydrogen-bond donors (Lipinski definition) is 4. The van der Waals surface area contributed by atoms with Crippen molar-refractivity contribution in [3.05, 3.63) is 36.2 Å². The Kier molecular flexibility index (Phi) is 9.19. The van der Waals surface area contributed by atoms with Gasteiger partial charge in [0.05, 0.1) is 13.1 Å². The lowest BCUT2D eigenvalue weighted by Gasteiger charge is -2.21. The molecule has 2 aromatic rings. The summed E-state index contributed by atoms with van der Waals surface area (Å²) < 4.78 is 0. The Labute approximate surface area is 177 Å². The summed E-state index contributed by atoms with van der Waals surface area (Å²) in [6.45, 7) is 9.20. The lowest BCUT2D eigenvalue weighted by atomic mass is 10.1. The molecule has 1 aromatic heterocycles. The average Bonchev–Trinajstić information content (AvgIpc) is 3.11. The van der Waals surface area contributed by atoms with Crippen LogP contribution in [0.4, 0.5) is 0 Å². The molecule has 0 radical (unpaired) electrons. The van der Waals surface area contributed by atoms with Gasteiger partial charge in [-0.15, -0.1) is 24.0 Å². The molecule has 8 nitrogen and oxygen atoms in total. The molecule has 27 heavy (non-hydrogen) atoms. The highest BCUT2D eigenvalue weighted by Gasteiger charge is 2.13. The Bertz CT molecular complexity index is 738. The number of aromatic nitrogens is 3. The summed E-state index contributed by atoms with van der Waals surface area (Å²) in [5.74, 6) is 1.25. The van der Waals surface area contributed by atoms with E-state index in [4.69, 9.17) is 0 Å². The van der Waals surface area contributed by atoms with E-state index >= 15 is 0 Å². The van der Waals surface area contributed by atoms with Crippen LogP contribution < -0.4 is 16.0 Å². The molecule has 0 bridgehead atoms. The van der Waals surface area contributed by atoms with Gasteiger partial charge < -0.3 is 16.0 Å². The van der Waals surface area contributed by atoms with Crippen molar-refractivity contribution in [2.75, 3.05) is 13.1 Å². The molecule has 0 fully saturated rings. The van der Waals surface area contributed by atoms with Crippen LogP contribution in [0.5, 0.6) is 0 Å². The second-order valence-electron chi connectivity index (χ2n) is 6.88. The van der Waals surface area contributed by atoms with Crippen LogP contribution in [0.2, 0.25) is 0 Å². The number of hydrogen-bond acceptors (Lipinski definition) is 4. The van der Waals surface area contributed by atoms with Crippen LogP contribution in [0.15, 0.2) is 35.6 Å². The van der Waals surface area contributed by atoms with Gasteiger partial charge in [0.25, 0.3) is 0 Å². The highest BCUT2D eigenvalue weighted by molar-refractivity contribution is 14.0. The number of aromatic amines is 1. The fraction of sp³-hybridized carbons (Fsp3) is 0.444. The average molecular weight is 485 g/mol. The van der Waals surface area contributed by atoms with Crippen molar-refractivity contribution in [3.8, 4) is 11.4 Å². The molecule has 4 N–H and O–H groups in total. The standard InChI is InChI=1S/C18H27N7O.HI/c1-5-19-17(21-11-15(26)24-18(2,3)4)20-10-13-7-6-8-14(9-13)16-22-12-23-25-16;/h6-9,12H,5,10-11H2,1-4H3,(H,24,26)(H2,19,20,21)(H,22,23,25);1H. The third-order valence-corrected chi connectivity index (χ3v) is 3.31. The molecule has 1 amide bonds. The van der Waals surface area contributed by atoms with E-state index in [2.05, 4.69) is 36.1 Å². The minimum atomic E-state index is -0.255. The van der Waals surface area contributed by atoms with Gasteiger partial charge in [0.15, 0.2) is 11.8 Å². The predicted molar refractivity (Wildman–Crippen MR) is 118 cm³/mol. The number of carbonyl (C=O) groups is 1. The molecule has 9 heteroatoms. The number of carbonyl (C=O) groups excluding carboxylic acids is 1. The second kappa shape index (κ2) is 10.9. The highest BCUT2D eigenvalue weighted by atomic mass is 127. The number of H-pyrrole nitrogens is 1. The SMILES string of the molecule is CCNC(=NCc1cccc(-c2ncn[nH]2)c1)NCC(=O)NC(C)(C)C.I. The summed E-state index contributed by atoms with van der Waals surface area (Å²) in [6, 6.07) is 7.94. The molecule has 0 unspecified atom stereocenters. The summed E-state index contributed by atoms with van der Waals surface area (Å²) in [7, 11) is 0. The molecule has 0 aliphatic rings. The van der Waals surface area contributed by atoms with Gasteiger partial charge in [-0.25, -0.2) is 9.98 Å². The maximum Gasteiger partial charge on any atom is 0.239 e. The molecule has 0 saturated heterocycles. The highest BCUT2D eigenvalue weighted by Crippen LogP contribution is 2.15. The van der Waals surface area contributed by atoms with Crippen molar-refractivity contribution in [2.24, 2.45) is 4.99 Å². The number of amides is 1. The minimum absolute atomic E-state index is 0. The van der Waals surface area contributed by atoms with Gasteiger partial charge in [-0.05, 0) is 39.3 Å². The minimum Gasteiger partial charge on any atom is -0.357 e.